The Hall–Kier alpha value is -6.12. The van der Waals surface area contributed by atoms with Crippen LogP contribution in [-0.4, -0.2) is 118 Å². The van der Waals surface area contributed by atoms with Crippen LogP contribution in [0.1, 0.15) is 94.5 Å². The van der Waals surface area contributed by atoms with Crippen molar-refractivity contribution >= 4 is 46.5 Å². The third-order valence-electron chi connectivity index (χ3n) is 11.5. The summed E-state index contributed by atoms with van der Waals surface area (Å²) in [6, 6.07) is 11.6. The number of carboxylic acids is 1. The van der Waals surface area contributed by atoms with Gasteiger partial charge < -0.3 is 34.3 Å². The number of carbonyl (C=O) groups is 4. The van der Waals surface area contributed by atoms with E-state index in [1.165, 1.54) is 25.4 Å². The van der Waals surface area contributed by atoms with E-state index in [4.69, 9.17) is 9.72 Å². The maximum atomic E-state index is 16.0. The number of carbonyl (C=O) groups excluding carboxylic acids is 3. The van der Waals surface area contributed by atoms with E-state index in [0.717, 1.165) is 11.4 Å². The number of nitrogens with zero attached hydrogens (tertiary/aromatic N) is 8. The number of hydrogen-bond donors (Lipinski definition) is 1. The Balaban J connectivity index is 1.06. The molecule has 3 aromatic heterocycles. The standard InChI is InChI=1S/C43H49FN8O6/c1-26-32(39(55)56)18-30(22-46-26)49-14-16-52(43(6,7)25-49)38(54)34-11-12-35-36(47-34)41(2,3)23-50(35)28-9-10-31(33(44)19-28)37(53)51-15-13-48(24-42(51,4)5)29-17-27(20-45-21-29)40(57)58-8/h9-12,17-22H,13-16,23-25H2,1-8H3,(H,55,56). The maximum absolute atomic E-state index is 16.0. The molecule has 15 heteroatoms. The summed E-state index contributed by atoms with van der Waals surface area (Å²) in [4.78, 5) is 74.8. The molecule has 0 spiro atoms. The van der Waals surface area contributed by atoms with Gasteiger partial charge in [0.1, 0.15) is 11.5 Å². The Labute approximate surface area is 337 Å². The van der Waals surface area contributed by atoms with Crippen LogP contribution in [0.4, 0.5) is 27.1 Å². The number of pyridine rings is 3. The second-order valence-electron chi connectivity index (χ2n) is 17.1. The van der Waals surface area contributed by atoms with Crippen molar-refractivity contribution in [1.29, 1.82) is 0 Å². The number of methoxy groups -OCH3 is 1. The second-order valence-corrected chi connectivity index (χ2v) is 17.1. The van der Waals surface area contributed by atoms with Crippen molar-refractivity contribution in [3.63, 3.8) is 0 Å². The van der Waals surface area contributed by atoms with E-state index < -0.39 is 40.2 Å². The first-order chi connectivity index (χ1) is 27.3. The van der Waals surface area contributed by atoms with E-state index in [9.17, 15) is 24.3 Å². The fraction of sp³-hybridized carbons (Fsp3) is 0.419. The molecular weight excluding hydrogens is 744 g/mol. The molecule has 2 amide bonds. The fourth-order valence-corrected chi connectivity index (χ4v) is 8.45. The Kier molecular flexibility index (Phi) is 10.1. The molecule has 0 unspecified atom stereocenters. The zero-order valence-electron chi connectivity index (χ0n) is 34.2. The second kappa shape index (κ2) is 14.7. The first kappa shape index (κ1) is 40.1. The van der Waals surface area contributed by atoms with E-state index in [1.807, 2.05) is 67.2 Å². The minimum Gasteiger partial charge on any atom is -0.478 e. The van der Waals surface area contributed by atoms with Crippen molar-refractivity contribution in [2.75, 3.05) is 67.6 Å². The molecule has 3 aliphatic rings. The van der Waals surface area contributed by atoms with Gasteiger partial charge in [-0.15, -0.1) is 0 Å². The quantitative estimate of drug-likeness (QED) is 0.228. The van der Waals surface area contributed by atoms with Crippen molar-refractivity contribution in [3.05, 3.63) is 101 Å². The van der Waals surface area contributed by atoms with Crippen LogP contribution in [0.3, 0.4) is 0 Å². The SMILES string of the molecule is COC(=O)c1cncc(N2CCN(C(=O)c3ccc(N4CC(C)(C)c5nc(C(=O)N6CCN(c7cnc(C)c(C(=O)O)c7)CC6(C)C)ccc54)cc3F)C(C)(C)C2)c1. The van der Waals surface area contributed by atoms with E-state index in [1.54, 1.807) is 48.5 Å². The van der Waals surface area contributed by atoms with Crippen molar-refractivity contribution in [2.24, 2.45) is 0 Å². The number of hydrogen-bond acceptors (Lipinski definition) is 11. The summed E-state index contributed by atoms with van der Waals surface area (Å²) in [7, 11) is 1.32. The lowest BCUT2D eigenvalue weighted by atomic mass is 9.91. The molecule has 3 aliphatic heterocycles. The number of piperazine rings is 2. The van der Waals surface area contributed by atoms with Crippen molar-refractivity contribution in [3.8, 4) is 0 Å². The average molecular weight is 793 g/mol. The highest BCUT2D eigenvalue weighted by Gasteiger charge is 2.42. The van der Waals surface area contributed by atoms with Crippen molar-refractivity contribution < 1.29 is 33.4 Å². The van der Waals surface area contributed by atoms with Gasteiger partial charge in [-0.2, -0.15) is 0 Å². The fourth-order valence-electron chi connectivity index (χ4n) is 8.45. The molecule has 0 radical (unpaired) electrons. The number of amides is 2. The van der Waals surface area contributed by atoms with Gasteiger partial charge in [0.15, 0.2) is 0 Å². The molecule has 2 fully saturated rings. The highest BCUT2D eigenvalue weighted by Crippen LogP contribution is 2.44. The Morgan fingerprint density at radius 3 is 1.98 bits per heavy atom. The number of carboxylic acid groups (broad SMARTS) is 1. The molecule has 2 saturated heterocycles. The zero-order valence-corrected chi connectivity index (χ0v) is 34.2. The molecular formula is C43H49FN8O6. The predicted molar refractivity (Wildman–Crippen MR) is 217 cm³/mol. The Morgan fingerprint density at radius 2 is 1.38 bits per heavy atom. The maximum Gasteiger partial charge on any atom is 0.339 e. The van der Waals surface area contributed by atoms with Gasteiger partial charge in [-0.1, -0.05) is 13.8 Å². The van der Waals surface area contributed by atoms with E-state index in [0.29, 0.717) is 79.8 Å². The molecule has 7 rings (SSSR count). The summed E-state index contributed by atoms with van der Waals surface area (Å²) in [5, 5.41) is 9.61. The van der Waals surface area contributed by atoms with Gasteiger partial charge in [-0.3, -0.25) is 19.6 Å². The largest absolute Gasteiger partial charge is 0.478 e. The lowest BCUT2D eigenvalue weighted by Gasteiger charge is -2.48. The lowest BCUT2D eigenvalue weighted by molar-refractivity contribution is 0.0499. The monoisotopic (exact) mass is 792 g/mol. The normalized spacial score (nSPS) is 18.2. The van der Waals surface area contributed by atoms with Gasteiger partial charge in [0.05, 0.1) is 75.7 Å². The third-order valence-corrected chi connectivity index (χ3v) is 11.5. The average Bonchev–Trinajstić information content (AvgIpc) is 3.45. The van der Waals surface area contributed by atoms with Crippen LogP contribution >= 0.6 is 0 Å². The molecule has 0 saturated carbocycles. The molecule has 4 aromatic rings. The zero-order chi connectivity index (χ0) is 41.9. The van der Waals surface area contributed by atoms with Gasteiger partial charge >= 0.3 is 11.9 Å². The number of anilines is 4. The van der Waals surface area contributed by atoms with Crippen LogP contribution in [0.5, 0.6) is 0 Å². The number of esters is 1. The molecule has 304 valence electrons. The first-order valence-corrected chi connectivity index (χ1v) is 19.3. The van der Waals surface area contributed by atoms with Crippen LogP contribution in [0, 0.1) is 12.7 Å². The number of ether oxygens (including phenoxy) is 1. The summed E-state index contributed by atoms with van der Waals surface area (Å²) in [6.45, 7) is 16.6. The van der Waals surface area contributed by atoms with Gasteiger partial charge in [0.2, 0.25) is 0 Å². The van der Waals surface area contributed by atoms with Gasteiger partial charge in [-0.05, 0) is 77.1 Å². The number of aryl methyl sites for hydroxylation is 1. The molecule has 58 heavy (non-hydrogen) atoms. The number of halogens is 1. The van der Waals surface area contributed by atoms with Gasteiger partial charge in [0.25, 0.3) is 11.8 Å². The molecule has 0 atom stereocenters. The molecule has 6 heterocycles. The highest BCUT2D eigenvalue weighted by atomic mass is 19.1. The number of aromatic carboxylic acids is 1. The Morgan fingerprint density at radius 1 is 0.741 bits per heavy atom. The molecule has 14 nitrogen and oxygen atoms in total. The van der Waals surface area contributed by atoms with E-state index in [-0.39, 0.29) is 17.0 Å². The number of fused-ring (bicyclic) bond motifs is 1. The number of rotatable bonds is 7. The topological polar surface area (TPSA) is 153 Å². The van der Waals surface area contributed by atoms with Crippen LogP contribution in [0.2, 0.25) is 0 Å². The smallest absolute Gasteiger partial charge is 0.339 e. The lowest BCUT2D eigenvalue weighted by Crippen LogP contribution is -2.61. The van der Waals surface area contributed by atoms with Gasteiger partial charge in [0, 0.05) is 63.1 Å². The number of benzene rings is 1. The number of aromatic nitrogens is 3. The van der Waals surface area contributed by atoms with Crippen molar-refractivity contribution in [1.82, 2.24) is 24.8 Å². The molecule has 1 aromatic carbocycles. The van der Waals surface area contributed by atoms with Crippen LogP contribution in [0.25, 0.3) is 0 Å². The summed E-state index contributed by atoms with van der Waals surface area (Å²) >= 11 is 0. The van der Waals surface area contributed by atoms with E-state index >= 15 is 4.39 Å². The summed E-state index contributed by atoms with van der Waals surface area (Å²) in [5.41, 5.74) is 2.90. The summed E-state index contributed by atoms with van der Waals surface area (Å²) < 4.78 is 20.9. The molecule has 0 bridgehead atoms. The molecule has 1 N–H and O–H groups in total. The predicted octanol–water partition coefficient (Wildman–Crippen LogP) is 5.72. The third kappa shape index (κ3) is 7.29. The van der Waals surface area contributed by atoms with Gasteiger partial charge in [-0.25, -0.2) is 19.0 Å². The van der Waals surface area contributed by atoms with E-state index in [2.05, 4.69) is 9.97 Å². The minimum atomic E-state index is -1.03. The van der Waals surface area contributed by atoms with Crippen LogP contribution in [0.15, 0.2) is 61.1 Å². The summed E-state index contributed by atoms with van der Waals surface area (Å²) in [5.74, 6) is -2.77. The minimum absolute atomic E-state index is 0.0268. The van der Waals surface area contributed by atoms with Crippen molar-refractivity contribution in [2.45, 2.75) is 65.0 Å². The Bertz CT molecular complexity index is 2330. The van der Waals surface area contributed by atoms with Crippen LogP contribution < -0.4 is 14.7 Å². The van der Waals surface area contributed by atoms with Crippen LogP contribution in [-0.2, 0) is 10.2 Å². The molecule has 0 aliphatic carbocycles. The first-order valence-electron chi connectivity index (χ1n) is 19.3. The highest BCUT2D eigenvalue weighted by molar-refractivity contribution is 5.96. The summed E-state index contributed by atoms with van der Waals surface area (Å²) in [6.07, 6.45) is 4.78.